The van der Waals surface area contributed by atoms with Crippen molar-refractivity contribution in [1.82, 2.24) is 10.2 Å². The van der Waals surface area contributed by atoms with E-state index in [0.717, 1.165) is 29.0 Å². The number of aryl methyl sites for hydroxylation is 1. The van der Waals surface area contributed by atoms with Gasteiger partial charge >= 0.3 is 12.0 Å². The number of amides is 4. The molecule has 0 aliphatic carbocycles. The van der Waals surface area contributed by atoms with Gasteiger partial charge in [0, 0.05) is 36.8 Å². The van der Waals surface area contributed by atoms with Gasteiger partial charge in [0.05, 0.1) is 22.6 Å². The quantitative estimate of drug-likeness (QED) is 0.149. The van der Waals surface area contributed by atoms with Gasteiger partial charge in [-0.05, 0) is 65.9 Å². The Labute approximate surface area is 330 Å². The molecule has 0 bridgehead atoms. The second-order valence-electron chi connectivity index (χ2n) is 14.1. The maximum atomic E-state index is 15.9. The average Bonchev–Trinajstić information content (AvgIpc) is 3.57. The number of rotatable bonds is 10. The van der Waals surface area contributed by atoms with Crippen molar-refractivity contribution in [2.24, 2.45) is 0 Å². The van der Waals surface area contributed by atoms with Crippen molar-refractivity contribution in [3.05, 3.63) is 162 Å². The van der Waals surface area contributed by atoms with Gasteiger partial charge in [-0.25, -0.2) is 17.6 Å². The number of urea groups is 1. The maximum absolute atomic E-state index is 15.9. The van der Waals surface area contributed by atoms with Crippen molar-refractivity contribution in [1.29, 1.82) is 0 Å². The number of nitrogens with one attached hydrogen (secondary N) is 2. The largest absolute Gasteiger partial charge is 0.461 e. The number of anilines is 2. The second-order valence-corrected chi connectivity index (χ2v) is 16.3. The number of ether oxygens (including phenoxy) is 1. The van der Waals surface area contributed by atoms with Crippen LogP contribution in [0.2, 0.25) is 0 Å². The molecule has 5 aromatic carbocycles. The molecule has 13 heteroatoms. The van der Waals surface area contributed by atoms with Crippen molar-refractivity contribution >= 4 is 45.0 Å². The van der Waals surface area contributed by atoms with E-state index in [-0.39, 0.29) is 35.7 Å². The summed E-state index contributed by atoms with van der Waals surface area (Å²) in [6, 6.07) is 33.6. The van der Waals surface area contributed by atoms with Crippen LogP contribution in [0.1, 0.15) is 48.1 Å². The van der Waals surface area contributed by atoms with E-state index in [1.165, 1.54) is 35.2 Å². The number of likely N-dealkylation sites (tertiary alicyclic amines) is 1. The van der Waals surface area contributed by atoms with Gasteiger partial charge in [-0.2, -0.15) is 0 Å². The number of carbonyl (C=O) groups is 4. The molecule has 0 radical (unpaired) electrons. The molecule has 57 heavy (non-hydrogen) atoms. The minimum absolute atomic E-state index is 0.0880. The van der Waals surface area contributed by atoms with Crippen LogP contribution in [0.3, 0.4) is 0 Å². The first-order chi connectivity index (χ1) is 27.5. The van der Waals surface area contributed by atoms with E-state index in [1.807, 2.05) is 42.5 Å². The summed E-state index contributed by atoms with van der Waals surface area (Å²) in [5.41, 5.74) is 0.583. The number of esters is 1. The molecule has 1 saturated heterocycles. The SMILES string of the molecule is CC(=O)N1C(c2ccccc2F)C(S(=O)(=O)c2ccccc2)CC1(NC(=O)Nc1cccc(CC(=O)OCc2ccccc2)c1)C(=O)N1CCCc2ccccc21. The molecule has 5 aromatic rings. The molecule has 0 spiro atoms. The molecular formula is C44H41FN4O7S. The van der Waals surface area contributed by atoms with E-state index < -0.39 is 62.8 Å². The molecule has 3 atom stereocenters. The number of hydrogen-bond acceptors (Lipinski definition) is 7. The summed E-state index contributed by atoms with van der Waals surface area (Å²) in [6.45, 7) is 1.48. The van der Waals surface area contributed by atoms with E-state index in [2.05, 4.69) is 10.6 Å². The van der Waals surface area contributed by atoms with Gasteiger partial charge < -0.3 is 25.2 Å². The first-order valence-corrected chi connectivity index (χ1v) is 20.1. The topological polar surface area (TPSA) is 142 Å². The van der Waals surface area contributed by atoms with Crippen LogP contribution in [0.4, 0.5) is 20.6 Å². The van der Waals surface area contributed by atoms with Gasteiger partial charge in [0.1, 0.15) is 12.4 Å². The number of carbonyl (C=O) groups excluding carboxylic acids is 4. The molecule has 2 aliphatic heterocycles. The Kier molecular flexibility index (Phi) is 11.2. The Balaban J connectivity index is 1.27. The molecule has 1 fully saturated rings. The summed E-state index contributed by atoms with van der Waals surface area (Å²) in [4.78, 5) is 58.8. The van der Waals surface area contributed by atoms with Crippen molar-refractivity contribution in [2.45, 2.75) is 61.1 Å². The Hall–Kier alpha value is -6.34. The molecule has 7 rings (SSSR count). The smallest absolute Gasteiger partial charge is 0.321 e. The monoisotopic (exact) mass is 788 g/mol. The van der Waals surface area contributed by atoms with E-state index in [1.54, 1.807) is 54.6 Å². The van der Waals surface area contributed by atoms with Crippen molar-refractivity contribution in [3.63, 3.8) is 0 Å². The predicted molar refractivity (Wildman–Crippen MR) is 212 cm³/mol. The molecule has 0 aromatic heterocycles. The normalized spacial score (nSPS) is 19.0. The lowest BCUT2D eigenvalue weighted by Crippen LogP contribution is -2.68. The van der Waals surface area contributed by atoms with Crippen molar-refractivity contribution in [2.75, 3.05) is 16.8 Å². The second kappa shape index (κ2) is 16.4. The maximum Gasteiger partial charge on any atom is 0.321 e. The van der Waals surface area contributed by atoms with Gasteiger partial charge in [-0.3, -0.25) is 14.4 Å². The lowest BCUT2D eigenvalue weighted by atomic mass is 9.98. The number of halogens is 1. The van der Waals surface area contributed by atoms with Gasteiger partial charge in [0.25, 0.3) is 5.91 Å². The number of para-hydroxylation sites is 1. The molecule has 2 heterocycles. The van der Waals surface area contributed by atoms with E-state index in [0.29, 0.717) is 24.1 Å². The third kappa shape index (κ3) is 8.01. The number of hydrogen-bond donors (Lipinski definition) is 2. The lowest BCUT2D eigenvalue weighted by Gasteiger charge is -2.43. The Morgan fingerprint density at radius 2 is 1.49 bits per heavy atom. The number of fused-ring (bicyclic) bond motifs is 1. The fraction of sp³-hybridized carbons (Fsp3) is 0.227. The number of sulfone groups is 1. The highest BCUT2D eigenvalue weighted by Crippen LogP contribution is 2.49. The summed E-state index contributed by atoms with van der Waals surface area (Å²) < 4.78 is 50.6. The summed E-state index contributed by atoms with van der Waals surface area (Å²) >= 11 is 0. The van der Waals surface area contributed by atoms with Crippen LogP contribution in [0.25, 0.3) is 0 Å². The number of benzene rings is 5. The summed E-state index contributed by atoms with van der Waals surface area (Å²) in [5.74, 6) is -2.78. The van der Waals surface area contributed by atoms with E-state index in [9.17, 15) is 22.8 Å². The molecule has 292 valence electrons. The van der Waals surface area contributed by atoms with Crippen LogP contribution in [0, 0.1) is 5.82 Å². The highest BCUT2D eigenvalue weighted by molar-refractivity contribution is 7.92. The third-order valence-corrected chi connectivity index (χ3v) is 12.5. The molecule has 2 aliphatic rings. The standard InChI is InChI=1S/C44H41FN4O7S/c1-30(50)49-41(36-22-9-10-23-37(36)45)39(57(54,55)35-20-6-3-7-21-35)28-44(49,42(52)48-25-13-18-33-17-8-11-24-38(33)48)47-43(53)46-34-19-12-16-32(26-34)27-40(51)56-29-31-14-4-2-5-15-31/h2-12,14-17,19-24,26,39,41H,13,18,25,27-29H2,1H3,(H2,46,47,53). The van der Waals surface area contributed by atoms with Crippen LogP contribution in [-0.4, -0.2) is 54.6 Å². The highest BCUT2D eigenvalue weighted by atomic mass is 32.2. The van der Waals surface area contributed by atoms with Gasteiger partial charge in [0.15, 0.2) is 15.5 Å². The molecule has 0 saturated carbocycles. The van der Waals surface area contributed by atoms with Crippen LogP contribution in [-0.2, 0) is 48.4 Å². The number of nitrogens with zero attached hydrogens (tertiary/aromatic N) is 2. The zero-order valence-electron chi connectivity index (χ0n) is 31.1. The van der Waals surface area contributed by atoms with Crippen molar-refractivity contribution < 1.29 is 36.7 Å². The first-order valence-electron chi connectivity index (χ1n) is 18.6. The van der Waals surface area contributed by atoms with Crippen LogP contribution in [0.15, 0.2) is 138 Å². The first kappa shape index (κ1) is 38.9. The van der Waals surface area contributed by atoms with E-state index in [4.69, 9.17) is 4.74 Å². The Morgan fingerprint density at radius 1 is 0.825 bits per heavy atom. The van der Waals surface area contributed by atoms with Crippen LogP contribution in [0.5, 0.6) is 0 Å². The van der Waals surface area contributed by atoms with E-state index >= 15 is 9.18 Å². The van der Waals surface area contributed by atoms with Crippen LogP contribution >= 0.6 is 0 Å². The van der Waals surface area contributed by atoms with Gasteiger partial charge in [0.2, 0.25) is 5.91 Å². The lowest BCUT2D eigenvalue weighted by molar-refractivity contribution is -0.146. The Bertz CT molecular complexity index is 2410. The molecular weight excluding hydrogens is 748 g/mol. The van der Waals surface area contributed by atoms with Crippen molar-refractivity contribution in [3.8, 4) is 0 Å². The zero-order chi connectivity index (χ0) is 40.2. The molecule has 2 N–H and O–H groups in total. The highest BCUT2D eigenvalue weighted by Gasteiger charge is 2.64. The Morgan fingerprint density at radius 3 is 2.23 bits per heavy atom. The fourth-order valence-electron chi connectivity index (χ4n) is 7.88. The third-order valence-electron chi connectivity index (χ3n) is 10.4. The summed E-state index contributed by atoms with van der Waals surface area (Å²) in [5, 5.41) is 3.90. The van der Waals surface area contributed by atoms with Gasteiger partial charge in [-0.15, -0.1) is 0 Å². The van der Waals surface area contributed by atoms with Crippen LogP contribution < -0.4 is 15.5 Å². The summed E-state index contributed by atoms with van der Waals surface area (Å²) in [7, 11) is -4.40. The average molecular weight is 789 g/mol. The molecule has 11 nitrogen and oxygen atoms in total. The minimum atomic E-state index is -4.40. The fourth-order valence-corrected chi connectivity index (χ4v) is 9.83. The summed E-state index contributed by atoms with van der Waals surface area (Å²) in [6.07, 6.45) is 0.549. The predicted octanol–water partition coefficient (Wildman–Crippen LogP) is 6.74. The molecule has 3 unspecified atom stereocenters. The van der Waals surface area contributed by atoms with Gasteiger partial charge in [-0.1, -0.05) is 97.1 Å². The minimum Gasteiger partial charge on any atom is -0.461 e. The zero-order valence-corrected chi connectivity index (χ0v) is 32.0. The molecule has 4 amide bonds.